The Bertz CT molecular complexity index is 879. The molecule has 7 heteroatoms. The molecule has 5 rings (SSSR count). The van der Waals surface area contributed by atoms with Crippen molar-refractivity contribution in [2.24, 2.45) is 0 Å². The first kappa shape index (κ1) is 17.4. The number of hydrogen-bond donors (Lipinski definition) is 1. The Morgan fingerprint density at radius 3 is 2.89 bits per heavy atom. The summed E-state index contributed by atoms with van der Waals surface area (Å²) >= 11 is 0. The average molecular weight is 383 g/mol. The van der Waals surface area contributed by atoms with Crippen LogP contribution in [0.5, 0.6) is 11.5 Å². The first-order valence-electron chi connectivity index (χ1n) is 10.2. The second-order valence-corrected chi connectivity index (χ2v) is 7.74. The van der Waals surface area contributed by atoms with Gasteiger partial charge in [-0.2, -0.15) is 0 Å². The fraction of sp³-hybridized carbons (Fsp3) is 0.524. The summed E-state index contributed by atoms with van der Waals surface area (Å²) in [5, 5.41) is 7.68. The van der Waals surface area contributed by atoms with Gasteiger partial charge in [-0.05, 0) is 50.7 Å². The van der Waals surface area contributed by atoms with Crippen molar-refractivity contribution in [2.45, 2.75) is 44.6 Å². The second-order valence-electron chi connectivity index (χ2n) is 7.74. The van der Waals surface area contributed by atoms with Gasteiger partial charge in [-0.15, -0.1) is 0 Å². The third-order valence-corrected chi connectivity index (χ3v) is 5.78. The quantitative estimate of drug-likeness (QED) is 0.878. The minimum atomic E-state index is -0.0238. The number of hydrogen-bond acceptors (Lipinski definition) is 6. The van der Waals surface area contributed by atoms with Crippen LogP contribution in [0.25, 0.3) is 0 Å². The molecule has 3 heterocycles. The van der Waals surface area contributed by atoms with Crippen LogP contribution in [0.4, 0.5) is 5.69 Å². The summed E-state index contributed by atoms with van der Waals surface area (Å²) in [7, 11) is 0. The predicted molar refractivity (Wildman–Crippen MR) is 103 cm³/mol. The number of likely N-dealkylation sites (tertiary alicyclic amines) is 1. The molecule has 0 bridgehead atoms. The van der Waals surface area contributed by atoms with E-state index < -0.39 is 0 Å². The number of ether oxygens (including phenoxy) is 2. The molecule has 0 spiro atoms. The van der Waals surface area contributed by atoms with Crippen LogP contribution < -0.4 is 14.8 Å². The van der Waals surface area contributed by atoms with Gasteiger partial charge in [0, 0.05) is 36.4 Å². The maximum atomic E-state index is 13.1. The Morgan fingerprint density at radius 1 is 1.11 bits per heavy atom. The standard InChI is InChI=1S/C21H25N3O4/c25-21(20-16-5-1-2-6-17(16)23-28-20)24-9-3-4-15(13-24)22-14-7-8-18-19(12-14)27-11-10-26-18/h7-8,12,15,22H,1-6,9-11,13H2. The van der Waals surface area contributed by atoms with Crippen molar-refractivity contribution in [1.82, 2.24) is 10.1 Å². The predicted octanol–water partition coefficient (Wildman–Crippen LogP) is 3.04. The summed E-state index contributed by atoms with van der Waals surface area (Å²) in [6.45, 7) is 2.57. The zero-order chi connectivity index (χ0) is 18.9. The maximum Gasteiger partial charge on any atom is 0.292 e. The summed E-state index contributed by atoms with van der Waals surface area (Å²) in [6.07, 6.45) is 6.02. The number of benzene rings is 1. The van der Waals surface area contributed by atoms with Crippen molar-refractivity contribution in [2.75, 3.05) is 31.6 Å². The molecule has 1 fully saturated rings. The van der Waals surface area contributed by atoms with Gasteiger partial charge in [-0.3, -0.25) is 4.79 Å². The second kappa shape index (κ2) is 7.37. The molecule has 28 heavy (non-hydrogen) atoms. The smallest absolute Gasteiger partial charge is 0.292 e. The molecule has 7 nitrogen and oxygen atoms in total. The van der Waals surface area contributed by atoms with E-state index in [-0.39, 0.29) is 11.9 Å². The van der Waals surface area contributed by atoms with Gasteiger partial charge >= 0.3 is 0 Å². The monoisotopic (exact) mass is 383 g/mol. The van der Waals surface area contributed by atoms with Crippen molar-refractivity contribution in [3.05, 3.63) is 35.2 Å². The zero-order valence-corrected chi connectivity index (χ0v) is 15.9. The lowest BCUT2D eigenvalue weighted by molar-refractivity contribution is 0.0671. The molecular formula is C21H25N3O4. The Kier molecular flexibility index (Phi) is 4.58. The first-order valence-corrected chi connectivity index (χ1v) is 10.2. The van der Waals surface area contributed by atoms with Crippen molar-refractivity contribution in [3.8, 4) is 11.5 Å². The Balaban J connectivity index is 1.27. The van der Waals surface area contributed by atoms with Crippen LogP contribution in [0.1, 0.15) is 47.5 Å². The largest absolute Gasteiger partial charge is 0.486 e. The van der Waals surface area contributed by atoms with Crippen molar-refractivity contribution < 1.29 is 18.8 Å². The molecule has 1 saturated heterocycles. The van der Waals surface area contributed by atoms with E-state index in [1.165, 1.54) is 0 Å². The van der Waals surface area contributed by atoms with Gasteiger partial charge in [0.15, 0.2) is 11.5 Å². The van der Waals surface area contributed by atoms with Crippen LogP contribution >= 0.6 is 0 Å². The van der Waals surface area contributed by atoms with E-state index in [4.69, 9.17) is 14.0 Å². The summed E-state index contributed by atoms with van der Waals surface area (Å²) in [6, 6.07) is 6.10. The Morgan fingerprint density at radius 2 is 1.96 bits per heavy atom. The number of amides is 1. The molecule has 1 N–H and O–H groups in total. The molecule has 1 aromatic heterocycles. The minimum absolute atomic E-state index is 0.0238. The van der Waals surface area contributed by atoms with Gasteiger partial charge in [-0.25, -0.2) is 0 Å². The summed E-state index contributed by atoms with van der Waals surface area (Å²) in [5.74, 6) is 1.99. The number of carbonyl (C=O) groups excluding carboxylic acids is 1. The van der Waals surface area contributed by atoms with Crippen LogP contribution in [-0.2, 0) is 12.8 Å². The Hall–Kier alpha value is -2.70. The molecular weight excluding hydrogens is 358 g/mol. The third-order valence-electron chi connectivity index (χ3n) is 5.78. The van der Waals surface area contributed by atoms with E-state index in [1.54, 1.807) is 0 Å². The molecule has 3 aliphatic rings. The normalized spacial score (nSPS) is 21.1. The molecule has 1 amide bonds. The highest BCUT2D eigenvalue weighted by Crippen LogP contribution is 2.33. The van der Waals surface area contributed by atoms with Crippen LogP contribution in [0.2, 0.25) is 0 Å². The van der Waals surface area contributed by atoms with E-state index in [9.17, 15) is 4.79 Å². The van der Waals surface area contributed by atoms with Crippen LogP contribution in [0, 0.1) is 0 Å². The van der Waals surface area contributed by atoms with E-state index in [0.29, 0.717) is 25.5 Å². The molecule has 0 radical (unpaired) electrons. The number of aromatic nitrogens is 1. The van der Waals surface area contributed by atoms with E-state index in [0.717, 1.165) is 73.5 Å². The van der Waals surface area contributed by atoms with Gasteiger partial charge in [0.1, 0.15) is 13.2 Å². The van der Waals surface area contributed by atoms with Crippen molar-refractivity contribution >= 4 is 11.6 Å². The lowest BCUT2D eigenvalue weighted by Gasteiger charge is -2.33. The molecule has 2 aromatic rings. The molecule has 0 saturated carbocycles. The number of carbonyl (C=O) groups is 1. The summed E-state index contributed by atoms with van der Waals surface area (Å²) < 4.78 is 16.7. The fourth-order valence-corrected chi connectivity index (χ4v) is 4.35. The number of piperidine rings is 1. The molecule has 1 atom stereocenters. The molecule has 1 unspecified atom stereocenters. The van der Waals surface area contributed by atoms with Crippen molar-refractivity contribution in [3.63, 3.8) is 0 Å². The van der Waals surface area contributed by atoms with Gasteiger partial charge in [0.25, 0.3) is 5.91 Å². The molecule has 1 aliphatic carbocycles. The van der Waals surface area contributed by atoms with E-state index >= 15 is 0 Å². The molecule has 2 aliphatic heterocycles. The number of nitrogens with zero attached hydrogens (tertiary/aromatic N) is 2. The molecule has 148 valence electrons. The Labute approximate surface area is 164 Å². The highest BCUT2D eigenvalue weighted by Gasteiger charge is 2.31. The van der Waals surface area contributed by atoms with Gasteiger partial charge in [0.05, 0.1) is 5.69 Å². The van der Waals surface area contributed by atoms with Gasteiger partial charge in [-0.1, -0.05) is 5.16 Å². The summed E-state index contributed by atoms with van der Waals surface area (Å²) in [5.41, 5.74) is 2.98. The number of fused-ring (bicyclic) bond motifs is 2. The number of rotatable bonds is 3. The van der Waals surface area contributed by atoms with Gasteiger partial charge < -0.3 is 24.2 Å². The van der Waals surface area contributed by atoms with E-state index in [2.05, 4.69) is 10.5 Å². The number of nitrogens with one attached hydrogen (secondary N) is 1. The van der Waals surface area contributed by atoms with Crippen LogP contribution in [0.15, 0.2) is 22.7 Å². The first-order chi connectivity index (χ1) is 13.8. The number of anilines is 1. The minimum Gasteiger partial charge on any atom is -0.486 e. The fourth-order valence-electron chi connectivity index (χ4n) is 4.35. The lowest BCUT2D eigenvalue weighted by Crippen LogP contribution is -2.45. The third kappa shape index (κ3) is 3.30. The highest BCUT2D eigenvalue weighted by atomic mass is 16.6. The summed E-state index contributed by atoms with van der Waals surface area (Å²) in [4.78, 5) is 14.9. The van der Waals surface area contributed by atoms with Gasteiger partial charge in [0.2, 0.25) is 5.76 Å². The lowest BCUT2D eigenvalue weighted by atomic mass is 9.95. The highest BCUT2D eigenvalue weighted by molar-refractivity contribution is 5.93. The topological polar surface area (TPSA) is 76.8 Å². The zero-order valence-electron chi connectivity index (χ0n) is 15.9. The van der Waals surface area contributed by atoms with Crippen LogP contribution in [0.3, 0.4) is 0 Å². The SMILES string of the molecule is O=C(c1onc2c1CCCC2)N1CCCC(Nc2ccc3c(c2)OCCO3)C1. The average Bonchev–Trinajstić information content (AvgIpc) is 3.17. The molecule has 1 aromatic carbocycles. The maximum absolute atomic E-state index is 13.1. The van der Waals surface area contributed by atoms with E-state index in [1.807, 2.05) is 23.1 Å². The van der Waals surface area contributed by atoms with Crippen LogP contribution in [-0.4, -0.2) is 48.3 Å². The number of aryl methyl sites for hydroxylation is 1. The van der Waals surface area contributed by atoms with Crippen molar-refractivity contribution in [1.29, 1.82) is 0 Å².